The fourth-order valence-electron chi connectivity index (χ4n) is 2.77. The average molecular weight is 276 g/mol. The van der Waals surface area contributed by atoms with Gasteiger partial charge in [0.2, 0.25) is 0 Å². The second-order valence-electron chi connectivity index (χ2n) is 5.22. The van der Waals surface area contributed by atoms with Crippen LogP contribution in [-0.4, -0.2) is 24.4 Å². The summed E-state index contributed by atoms with van der Waals surface area (Å²) in [6.45, 7) is 6.54. The Bertz CT molecular complexity index is 442. The lowest BCUT2D eigenvalue weighted by Crippen LogP contribution is -2.20. The van der Waals surface area contributed by atoms with Gasteiger partial charge in [-0.1, -0.05) is 32.4 Å². The molecule has 1 N–H and O–H groups in total. The highest BCUT2D eigenvalue weighted by atomic mass is 16.5. The summed E-state index contributed by atoms with van der Waals surface area (Å²) in [5.41, 5.74) is 1.22. The summed E-state index contributed by atoms with van der Waals surface area (Å²) < 4.78 is 11.6. The molecule has 0 saturated carbocycles. The van der Waals surface area contributed by atoms with E-state index in [9.17, 15) is 5.11 Å². The Labute approximate surface area is 121 Å². The minimum absolute atomic E-state index is 0.0937. The number of aliphatic hydroxyl groups excluding tert-OH is 1. The average Bonchev–Trinajstić information content (AvgIpc) is 2.80. The second kappa shape index (κ2) is 7.34. The zero-order chi connectivity index (χ0) is 14.4. The molecule has 0 spiro atoms. The Balaban J connectivity index is 2.18. The second-order valence-corrected chi connectivity index (χ2v) is 5.22. The van der Waals surface area contributed by atoms with E-state index in [-0.39, 0.29) is 12.7 Å². The predicted molar refractivity (Wildman–Crippen MR) is 80.5 cm³/mol. The van der Waals surface area contributed by atoms with Gasteiger partial charge < -0.3 is 14.6 Å². The minimum Gasteiger partial charge on any atom is -0.490 e. The highest BCUT2D eigenvalue weighted by Crippen LogP contribution is 2.43. The van der Waals surface area contributed by atoms with E-state index in [1.54, 1.807) is 6.08 Å². The first-order chi connectivity index (χ1) is 9.80. The van der Waals surface area contributed by atoms with E-state index in [0.717, 1.165) is 17.9 Å². The molecule has 3 nitrogen and oxygen atoms in total. The van der Waals surface area contributed by atoms with E-state index in [1.807, 2.05) is 12.1 Å². The van der Waals surface area contributed by atoms with Crippen molar-refractivity contribution in [3.63, 3.8) is 0 Å². The van der Waals surface area contributed by atoms with E-state index in [4.69, 9.17) is 9.47 Å². The van der Waals surface area contributed by atoms with Gasteiger partial charge in [-0.3, -0.25) is 0 Å². The third-order valence-corrected chi connectivity index (χ3v) is 3.76. The number of hydrogen-bond acceptors (Lipinski definition) is 3. The van der Waals surface area contributed by atoms with Crippen molar-refractivity contribution in [3.05, 3.63) is 36.4 Å². The van der Waals surface area contributed by atoms with Crippen molar-refractivity contribution in [3.8, 4) is 11.5 Å². The van der Waals surface area contributed by atoms with Crippen LogP contribution in [0.4, 0.5) is 0 Å². The summed E-state index contributed by atoms with van der Waals surface area (Å²) in [5, 5.41) is 9.20. The molecule has 1 aromatic carbocycles. The normalized spacial score (nSPS) is 20.3. The molecule has 3 heteroatoms. The number of hydrogen-bond donors (Lipinski definition) is 1. The van der Waals surface area contributed by atoms with E-state index in [1.165, 1.54) is 18.4 Å². The van der Waals surface area contributed by atoms with Crippen LogP contribution in [-0.2, 0) is 0 Å². The standard InChI is InChI=1S/C17H24O3/c1-3-5-6-14-15-12-13(19-11-4-2)7-8-16(15)20-17(14)9-10-18/h4,7-8,12,14,17-18H,2-3,5-6,9-11H2,1H3/t14-,17+/m1/s1. The first-order valence-corrected chi connectivity index (χ1v) is 7.45. The Kier molecular flexibility index (Phi) is 5.48. The molecular weight excluding hydrogens is 252 g/mol. The Morgan fingerprint density at radius 2 is 2.25 bits per heavy atom. The largest absolute Gasteiger partial charge is 0.490 e. The van der Waals surface area contributed by atoms with Gasteiger partial charge in [0.05, 0.1) is 0 Å². The van der Waals surface area contributed by atoms with Crippen LogP contribution in [0.3, 0.4) is 0 Å². The highest BCUT2D eigenvalue weighted by Gasteiger charge is 2.33. The molecule has 20 heavy (non-hydrogen) atoms. The topological polar surface area (TPSA) is 38.7 Å². The van der Waals surface area contributed by atoms with Crippen LogP contribution < -0.4 is 9.47 Å². The molecule has 0 amide bonds. The number of fused-ring (bicyclic) bond motifs is 1. The monoisotopic (exact) mass is 276 g/mol. The molecule has 0 fully saturated rings. The summed E-state index contributed by atoms with van der Waals surface area (Å²) >= 11 is 0. The third kappa shape index (κ3) is 3.34. The number of ether oxygens (including phenoxy) is 2. The van der Waals surface area contributed by atoms with Crippen LogP contribution in [0.15, 0.2) is 30.9 Å². The molecule has 0 radical (unpaired) electrons. The van der Waals surface area contributed by atoms with E-state index in [2.05, 4.69) is 19.6 Å². The predicted octanol–water partition coefficient (Wildman–Crippen LogP) is 3.67. The van der Waals surface area contributed by atoms with Crippen LogP contribution in [0, 0.1) is 0 Å². The molecule has 1 aliphatic heterocycles. The van der Waals surface area contributed by atoms with Gasteiger partial charge >= 0.3 is 0 Å². The fraction of sp³-hybridized carbons (Fsp3) is 0.529. The van der Waals surface area contributed by atoms with Gasteiger partial charge in [-0.05, 0) is 24.6 Å². The zero-order valence-electron chi connectivity index (χ0n) is 12.2. The zero-order valence-corrected chi connectivity index (χ0v) is 12.2. The van der Waals surface area contributed by atoms with Crippen LogP contribution >= 0.6 is 0 Å². The van der Waals surface area contributed by atoms with Crippen molar-refractivity contribution in [2.45, 2.75) is 44.6 Å². The molecule has 0 bridgehead atoms. The van der Waals surface area contributed by atoms with Crippen molar-refractivity contribution in [1.29, 1.82) is 0 Å². The quantitative estimate of drug-likeness (QED) is 0.736. The summed E-state index contributed by atoms with van der Waals surface area (Å²) in [6.07, 6.45) is 5.96. The van der Waals surface area contributed by atoms with Gasteiger partial charge in [0.15, 0.2) is 0 Å². The summed E-state index contributed by atoms with van der Waals surface area (Å²) in [5.74, 6) is 2.17. The van der Waals surface area contributed by atoms with Crippen LogP contribution in [0.1, 0.15) is 44.1 Å². The van der Waals surface area contributed by atoms with Crippen molar-refractivity contribution >= 4 is 0 Å². The maximum Gasteiger partial charge on any atom is 0.123 e. The number of rotatable bonds is 8. The Morgan fingerprint density at radius 3 is 2.95 bits per heavy atom. The third-order valence-electron chi connectivity index (χ3n) is 3.76. The van der Waals surface area contributed by atoms with Gasteiger partial charge in [0, 0.05) is 24.5 Å². The molecule has 110 valence electrons. The SMILES string of the molecule is C=CCOc1ccc2c(c1)[C@@H](CCCC)[C@H](CCO)O2. The lowest BCUT2D eigenvalue weighted by atomic mass is 9.89. The van der Waals surface area contributed by atoms with E-state index in [0.29, 0.717) is 18.9 Å². The van der Waals surface area contributed by atoms with Gasteiger partial charge in [-0.25, -0.2) is 0 Å². The van der Waals surface area contributed by atoms with Gasteiger partial charge in [0.25, 0.3) is 0 Å². The lowest BCUT2D eigenvalue weighted by molar-refractivity contribution is 0.151. The van der Waals surface area contributed by atoms with Crippen molar-refractivity contribution in [2.75, 3.05) is 13.2 Å². The van der Waals surface area contributed by atoms with Crippen LogP contribution in [0.5, 0.6) is 11.5 Å². The van der Waals surface area contributed by atoms with Gasteiger partial charge in [-0.2, -0.15) is 0 Å². The molecular formula is C17H24O3. The molecule has 2 rings (SSSR count). The molecule has 1 aliphatic rings. The molecule has 0 aliphatic carbocycles. The Morgan fingerprint density at radius 1 is 1.40 bits per heavy atom. The van der Waals surface area contributed by atoms with Gasteiger partial charge in [0.1, 0.15) is 24.2 Å². The highest BCUT2D eigenvalue weighted by molar-refractivity contribution is 5.46. The molecule has 1 heterocycles. The van der Waals surface area contributed by atoms with E-state index < -0.39 is 0 Å². The van der Waals surface area contributed by atoms with Crippen LogP contribution in [0.2, 0.25) is 0 Å². The molecule has 2 atom stereocenters. The maximum absolute atomic E-state index is 9.20. The van der Waals surface area contributed by atoms with Crippen molar-refractivity contribution in [1.82, 2.24) is 0 Å². The van der Waals surface area contributed by atoms with Crippen LogP contribution in [0.25, 0.3) is 0 Å². The fourth-order valence-corrected chi connectivity index (χ4v) is 2.77. The molecule has 0 unspecified atom stereocenters. The maximum atomic E-state index is 9.20. The molecule has 1 aromatic rings. The van der Waals surface area contributed by atoms with Gasteiger partial charge in [-0.15, -0.1) is 0 Å². The summed E-state index contributed by atoms with van der Waals surface area (Å²) in [7, 11) is 0. The smallest absolute Gasteiger partial charge is 0.123 e. The number of unbranched alkanes of at least 4 members (excludes halogenated alkanes) is 1. The van der Waals surface area contributed by atoms with Crippen molar-refractivity contribution < 1.29 is 14.6 Å². The number of aliphatic hydroxyl groups is 1. The molecule has 0 aromatic heterocycles. The number of benzene rings is 1. The first kappa shape index (κ1) is 14.9. The Hall–Kier alpha value is -1.48. The molecule has 0 saturated heterocycles. The van der Waals surface area contributed by atoms with Crippen molar-refractivity contribution in [2.24, 2.45) is 0 Å². The summed E-state index contributed by atoms with van der Waals surface area (Å²) in [4.78, 5) is 0. The lowest BCUT2D eigenvalue weighted by Gasteiger charge is -2.18. The van der Waals surface area contributed by atoms with E-state index >= 15 is 0 Å². The first-order valence-electron chi connectivity index (χ1n) is 7.45. The summed E-state index contributed by atoms with van der Waals surface area (Å²) in [6, 6.07) is 5.99. The minimum atomic E-state index is 0.0937.